The lowest BCUT2D eigenvalue weighted by atomic mass is 10.1. The van der Waals surface area contributed by atoms with Crippen LogP contribution in [0.2, 0.25) is 0 Å². The van der Waals surface area contributed by atoms with Crippen molar-refractivity contribution < 1.29 is 9.47 Å². The van der Waals surface area contributed by atoms with Crippen LogP contribution in [-0.2, 0) is 4.74 Å². The Morgan fingerprint density at radius 2 is 2.38 bits per heavy atom. The Balaban J connectivity index is 2.04. The van der Waals surface area contributed by atoms with E-state index in [0.29, 0.717) is 17.7 Å². The molecule has 0 aromatic carbocycles. The number of hydrogen-bond donors (Lipinski definition) is 1. The fraction of sp³-hybridized carbons (Fsp3) is 0.636. The van der Waals surface area contributed by atoms with Crippen molar-refractivity contribution in [3.63, 3.8) is 0 Å². The topological polar surface area (TPSA) is 56.3 Å². The number of methoxy groups -OCH3 is 1. The van der Waals surface area contributed by atoms with Crippen LogP contribution in [0.15, 0.2) is 6.07 Å². The average molecular weight is 223 g/mol. The molecule has 1 fully saturated rings. The minimum atomic E-state index is 0.341. The van der Waals surface area contributed by atoms with Crippen molar-refractivity contribution in [2.75, 3.05) is 25.6 Å². The number of ether oxygens (including phenoxy) is 2. The lowest BCUT2D eigenvalue weighted by molar-refractivity contribution is 0.0875. The van der Waals surface area contributed by atoms with Crippen molar-refractivity contribution in [2.45, 2.75) is 25.8 Å². The highest BCUT2D eigenvalue weighted by molar-refractivity contribution is 5.39. The summed E-state index contributed by atoms with van der Waals surface area (Å²) in [5.41, 5.74) is 0. The molecule has 5 nitrogen and oxygen atoms in total. The quantitative estimate of drug-likeness (QED) is 0.839. The SMILES string of the molecule is COc1cc(NC2CCCOC2)nc(C)n1. The number of hydrogen-bond acceptors (Lipinski definition) is 5. The van der Waals surface area contributed by atoms with Crippen molar-refractivity contribution in [3.8, 4) is 5.88 Å². The molecular formula is C11H17N3O2. The van der Waals surface area contributed by atoms with Crippen molar-refractivity contribution in [3.05, 3.63) is 11.9 Å². The molecule has 2 rings (SSSR count). The van der Waals surface area contributed by atoms with Crippen LogP contribution in [-0.4, -0.2) is 36.3 Å². The Hall–Kier alpha value is -1.36. The van der Waals surface area contributed by atoms with Crippen LogP contribution >= 0.6 is 0 Å². The normalized spacial score (nSPS) is 20.5. The third kappa shape index (κ3) is 2.82. The lowest BCUT2D eigenvalue weighted by Gasteiger charge is -2.23. The monoisotopic (exact) mass is 223 g/mol. The molecule has 16 heavy (non-hydrogen) atoms. The third-order valence-electron chi connectivity index (χ3n) is 2.54. The molecule has 1 aliphatic rings. The Kier molecular flexibility index (Phi) is 3.56. The highest BCUT2D eigenvalue weighted by Crippen LogP contribution is 2.16. The summed E-state index contributed by atoms with van der Waals surface area (Å²) >= 11 is 0. The van der Waals surface area contributed by atoms with Gasteiger partial charge < -0.3 is 14.8 Å². The van der Waals surface area contributed by atoms with Crippen molar-refractivity contribution in [1.82, 2.24) is 9.97 Å². The summed E-state index contributed by atoms with van der Waals surface area (Å²) in [6, 6.07) is 2.15. The van der Waals surface area contributed by atoms with Crippen LogP contribution in [0, 0.1) is 6.92 Å². The van der Waals surface area contributed by atoms with Crippen LogP contribution in [0.4, 0.5) is 5.82 Å². The van der Waals surface area contributed by atoms with Gasteiger partial charge in [-0.05, 0) is 19.8 Å². The van der Waals surface area contributed by atoms with E-state index in [1.165, 1.54) is 0 Å². The summed E-state index contributed by atoms with van der Waals surface area (Å²) in [7, 11) is 1.61. The first-order chi connectivity index (χ1) is 7.78. The zero-order valence-electron chi connectivity index (χ0n) is 9.69. The molecule has 1 N–H and O–H groups in total. The third-order valence-corrected chi connectivity index (χ3v) is 2.54. The van der Waals surface area contributed by atoms with E-state index in [0.717, 1.165) is 31.9 Å². The summed E-state index contributed by atoms with van der Waals surface area (Å²) < 4.78 is 10.5. The number of nitrogens with zero attached hydrogens (tertiary/aromatic N) is 2. The maximum Gasteiger partial charge on any atom is 0.218 e. The maximum atomic E-state index is 5.40. The molecule has 2 heterocycles. The zero-order chi connectivity index (χ0) is 11.4. The molecule has 1 aromatic heterocycles. The number of anilines is 1. The molecule has 1 aromatic rings. The van der Waals surface area contributed by atoms with Crippen molar-refractivity contribution in [1.29, 1.82) is 0 Å². The molecule has 88 valence electrons. The first kappa shape index (κ1) is 11.1. The molecule has 0 aliphatic carbocycles. The van der Waals surface area contributed by atoms with Crippen LogP contribution in [0.3, 0.4) is 0 Å². The summed E-state index contributed by atoms with van der Waals surface area (Å²) in [5.74, 6) is 2.10. The molecule has 1 atom stereocenters. The second kappa shape index (κ2) is 5.12. The van der Waals surface area contributed by atoms with Gasteiger partial charge in [0.25, 0.3) is 0 Å². The van der Waals surface area contributed by atoms with Crippen molar-refractivity contribution >= 4 is 5.82 Å². The van der Waals surface area contributed by atoms with E-state index in [2.05, 4.69) is 15.3 Å². The molecular weight excluding hydrogens is 206 g/mol. The predicted octanol–water partition coefficient (Wildman–Crippen LogP) is 1.38. The fourth-order valence-corrected chi connectivity index (χ4v) is 1.78. The molecule has 0 amide bonds. The molecule has 0 radical (unpaired) electrons. The maximum absolute atomic E-state index is 5.40. The van der Waals surface area contributed by atoms with Crippen LogP contribution in [0.25, 0.3) is 0 Å². The lowest BCUT2D eigenvalue weighted by Crippen LogP contribution is -2.30. The molecule has 0 bridgehead atoms. The largest absolute Gasteiger partial charge is 0.481 e. The summed E-state index contributed by atoms with van der Waals surface area (Å²) in [4.78, 5) is 8.46. The molecule has 5 heteroatoms. The molecule has 1 unspecified atom stereocenters. The minimum Gasteiger partial charge on any atom is -0.481 e. The Morgan fingerprint density at radius 1 is 1.50 bits per heavy atom. The van der Waals surface area contributed by atoms with Gasteiger partial charge in [0.15, 0.2) is 0 Å². The van der Waals surface area contributed by atoms with Gasteiger partial charge in [-0.2, -0.15) is 4.98 Å². The van der Waals surface area contributed by atoms with E-state index in [4.69, 9.17) is 9.47 Å². The van der Waals surface area contributed by atoms with Crippen LogP contribution < -0.4 is 10.1 Å². The summed E-state index contributed by atoms with van der Waals surface area (Å²) in [6.07, 6.45) is 2.21. The Bertz CT molecular complexity index is 351. The second-order valence-corrected chi connectivity index (χ2v) is 3.90. The van der Waals surface area contributed by atoms with Crippen LogP contribution in [0.5, 0.6) is 5.88 Å². The van der Waals surface area contributed by atoms with E-state index in [-0.39, 0.29) is 0 Å². The Labute approximate surface area is 95.2 Å². The van der Waals surface area contributed by atoms with E-state index in [1.807, 2.05) is 13.0 Å². The number of aromatic nitrogens is 2. The van der Waals surface area contributed by atoms with Crippen molar-refractivity contribution in [2.24, 2.45) is 0 Å². The van der Waals surface area contributed by atoms with Gasteiger partial charge in [-0.25, -0.2) is 4.98 Å². The smallest absolute Gasteiger partial charge is 0.218 e. The fourth-order valence-electron chi connectivity index (χ4n) is 1.78. The zero-order valence-corrected chi connectivity index (χ0v) is 9.69. The summed E-state index contributed by atoms with van der Waals surface area (Å²) in [6.45, 7) is 3.46. The van der Waals surface area contributed by atoms with Gasteiger partial charge in [-0.15, -0.1) is 0 Å². The first-order valence-electron chi connectivity index (χ1n) is 5.52. The standard InChI is InChI=1S/C11H17N3O2/c1-8-12-10(6-11(13-8)15-2)14-9-4-3-5-16-7-9/h6,9H,3-5,7H2,1-2H3,(H,12,13,14). The van der Waals surface area contributed by atoms with E-state index in [9.17, 15) is 0 Å². The van der Waals surface area contributed by atoms with E-state index >= 15 is 0 Å². The molecule has 1 aliphatic heterocycles. The molecule has 0 spiro atoms. The van der Waals surface area contributed by atoms with Gasteiger partial charge in [0.2, 0.25) is 5.88 Å². The minimum absolute atomic E-state index is 0.341. The molecule has 0 saturated carbocycles. The first-order valence-corrected chi connectivity index (χ1v) is 5.52. The Morgan fingerprint density at radius 3 is 3.06 bits per heavy atom. The predicted molar refractivity (Wildman–Crippen MR) is 60.8 cm³/mol. The molecule has 1 saturated heterocycles. The van der Waals surface area contributed by atoms with Gasteiger partial charge in [0.1, 0.15) is 11.6 Å². The van der Waals surface area contributed by atoms with Gasteiger partial charge in [0.05, 0.1) is 19.8 Å². The van der Waals surface area contributed by atoms with Gasteiger partial charge in [0, 0.05) is 12.7 Å². The van der Waals surface area contributed by atoms with Crippen LogP contribution in [0.1, 0.15) is 18.7 Å². The highest BCUT2D eigenvalue weighted by atomic mass is 16.5. The number of rotatable bonds is 3. The number of aryl methyl sites for hydroxylation is 1. The highest BCUT2D eigenvalue weighted by Gasteiger charge is 2.14. The van der Waals surface area contributed by atoms with E-state index < -0.39 is 0 Å². The van der Waals surface area contributed by atoms with E-state index in [1.54, 1.807) is 7.11 Å². The van der Waals surface area contributed by atoms with Gasteiger partial charge >= 0.3 is 0 Å². The number of nitrogens with one attached hydrogen (secondary N) is 1. The average Bonchev–Trinajstić information content (AvgIpc) is 2.29. The van der Waals surface area contributed by atoms with Gasteiger partial charge in [-0.1, -0.05) is 0 Å². The van der Waals surface area contributed by atoms with Gasteiger partial charge in [-0.3, -0.25) is 0 Å². The summed E-state index contributed by atoms with van der Waals surface area (Å²) in [5, 5.41) is 3.34. The second-order valence-electron chi connectivity index (χ2n) is 3.90.